The fourth-order valence-corrected chi connectivity index (χ4v) is 1.85. The fraction of sp³-hybridized carbons (Fsp3) is 0. The summed E-state index contributed by atoms with van der Waals surface area (Å²) in [6, 6.07) is 11.8. The summed E-state index contributed by atoms with van der Waals surface area (Å²) in [4.78, 5) is 8.43. The van der Waals surface area contributed by atoms with E-state index < -0.39 is 0 Å². The topological polar surface area (TPSA) is 51.8 Å². The molecule has 0 atom stereocenters. The molecule has 0 saturated heterocycles. The third kappa shape index (κ3) is 1.83. The lowest BCUT2D eigenvalue weighted by Gasteiger charge is -2.03. The molecule has 17 heavy (non-hydrogen) atoms. The molecule has 3 aromatic rings. The molecule has 2 N–H and O–H groups in total. The number of hydrogen-bond donors (Lipinski definition) is 1. The summed E-state index contributed by atoms with van der Waals surface area (Å²) >= 11 is 0. The van der Waals surface area contributed by atoms with Crippen LogP contribution in [0.2, 0.25) is 0 Å². The van der Waals surface area contributed by atoms with E-state index in [9.17, 15) is 0 Å². The average Bonchev–Trinajstić information content (AvgIpc) is 2.39. The van der Waals surface area contributed by atoms with Gasteiger partial charge in [-0.25, -0.2) is 0 Å². The van der Waals surface area contributed by atoms with Crippen LogP contribution >= 0.6 is 0 Å². The number of nitrogen functional groups attached to an aromatic ring is 1. The number of fused-ring (bicyclic) bond motifs is 1. The van der Waals surface area contributed by atoms with Crippen LogP contribution in [0, 0.1) is 0 Å². The first-order valence-corrected chi connectivity index (χ1v) is 5.38. The van der Waals surface area contributed by atoms with E-state index >= 15 is 0 Å². The number of pyridine rings is 2. The molecular formula is C14H11N3. The SMILES string of the molecule is Nc1ccc2ncc(-c3ccncc3)cc2c1. The Hall–Kier alpha value is -2.42. The van der Waals surface area contributed by atoms with Gasteiger partial charge < -0.3 is 5.73 Å². The van der Waals surface area contributed by atoms with Gasteiger partial charge in [-0.1, -0.05) is 0 Å². The Morgan fingerprint density at radius 2 is 1.71 bits per heavy atom. The molecule has 0 unspecified atom stereocenters. The van der Waals surface area contributed by atoms with E-state index in [1.807, 2.05) is 36.5 Å². The van der Waals surface area contributed by atoms with Crippen molar-refractivity contribution >= 4 is 16.6 Å². The first-order valence-electron chi connectivity index (χ1n) is 5.38. The number of aromatic nitrogens is 2. The number of hydrogen-bond acceptors (Lipinski definition) is 3. The van der Waals surface area contributed by atoms with E-state index in [4.69, 9.17) is 5.73 Å². The molecule has 0 bridgehead atoms. The van der Waals surface area contributed by atoms with Gasteiger partial charge in [0.1, 0.15) is 0 Å². The number of benzene rings is 1. The molecule has 0 aliphatic rings. The zero-order valence-corrected chi connectivity index (χ0v) is 9.17. The predicted octanol–water partition coefficient (Wildman–Crippen LogP) is 2.88. The normalized spacial score (nSPS) is 10.6. The van der Waals surface area contributed by atoms with E-state index in [0.29, 0.717) is 0 Å². The predicted molar refractivity (Wildman–Crippen MR) is 69.4 cm³/mol. The molecule has 2 aromatic heterocycles. The van der Waals surface area contributed by atoms with Gasteiger partial charge >= 0.3 is 0 Å². The van der Waals surface area contributed by atoms with Crippen LogP contribution in [0.4, 0.5) is 5.69 Å². The van der Waals surface area contributed by atoms with Crippen LogP contribution in [-0.4, -0.2) is 9.97 Å². The molecule has 0 amide bonds. The lowest BCUT2D eigenvalue weighted by Crippen LogP contribution is -1.87. The monoisotopic (exact) mass is 221 g/mol. The minimum absolute atomic E-state index is 0.756. The maximum atomic E-state index is 5.77. The summed E-state index contributed by atoms with van der Waals surface area (Å²) in [6.07, 6.45) is 5.42. The largest absolute Gasteiger partial charge is 0.399 e. The van der Waals surface area contributed by atoms with Gasteiger partial charge in [0.25, 0.3) is 0 Å². The Kier molecular flexibility index (Phi) is 2.22. The van der Waals surface area contributed by atoms with Crippen molar-refractivity contribution in [1.29, 1.82) is 0 Å². The van der Waals surface area contributed by atoms with E-state index in [2.05, 4.69) is 16.0 Å². The second-order valence-corrected chi connectivity index (χ2v) is 3.91. The third-order valence-corrected chi connectivity index (χ3v) is 2.72. The summed E-state index contributed by atoms with van der Waals surface area (Å²) in [5, 5.41) is 1.05. The third-order valence-electron chi connectivity index (χ3n) is 2.72. The van der Waals surface area contributed by atoms with Crippen LogP contribution in [0.5, 0.6) is 0 Å². The maximum Gasteiger partial charge on any atom is 0.0703 e. The fourth-order valence-electron chi connectivity index (χ4n) is 1.85. The minimum atomic E-state index is 0.756. The van der Waals surface area contributed by atoms with Crippen molar-refractivity contribution in [3.05, 3.63) is 55.0 Å². The zero-order chi connectivity index (χ0) is 11.7. The Morgan fingerprint density at radius 3 is 2.53 bits per heavy atom. The summed E-state index contributed by atoms with van der Waals surface area (Å²) in [5.74, 6) is 0. The summed E-state index contributed by atoms with van der Waals surface area (Å²) in [7, 11) is 0. The van der Waals surface area contributed by atoms with Crippen molar-refractivity contribution in [3.63, 3.8) is 0 Å². The standard InChI is InChI=1S/C14H11N3/c15-13-1-2-14-11(8-13)7-12(9-17-14)10-3-5-16-6-4-10/h1-9H,15H2. The second kappa shape index (κ2) is 3.87. The molecule has 1 aromatic carbocycles. The second-order valence-electron chi connectivity index (χ2n) is 3.91. The van der Waals surface area contributed by atoms with E-state index in [0.717, 1.165) is 27.7 Å². The van der Waals surface area contributed by atoms with E-state index in [1.54, 1.807) is 12.4 Å². The number of anilines is 1. The molecule has 0 aliphatic carbocycles. The summed E-state index contributed by atoms with van der Waals surface area (Å²) in [6.45, 7) is 0. The molecule has 3 heteroatoms. The van der Waals surface area contributed by atoms with Crippen LogP contribution in [0.1, 0.15) is 0 Å². The highest BCUT2D eigenvalue weighted by Crippen LogP contribution is 2.23. The Morgan fingerprint density at radius 1 is 0.882 bits per heavy atom. The molecule has 0 fully saturated rings. The highest BCUT2D eigenvalue weighted by atomic mass is 14.7. The zero-order valence-electron chi connectivity index (χ0n) is 9.17. The van der Waals surface area contributed by atoms with Crippen molar-refractivity contribution in [3.8, 4) is 11.1 Å². The number of rotatable bonds is 1. The molecule has 3 rings (SSSR count). The van der Waals surface area contributed by atoms with Gasteiger partial charge in [-0.15, -0.1) is 0 Å². The summed E-state index contributed by atoms with van der Waals surface area (Å²) < 4.78 is 0. The molecular weight excluding hydrogens is 210 g/mol. The van der Waals surface area contributed by atoms with Gasteiger partial charge in [0, 0.05) is 35.2 Å². The van der Waals surface area contributed by atoms with Gasteiger partial charge in [0.2, 0.25) is 0 Å². The first kappa shape index (κ1) is 9.78. The van der Waals surface area contributed by atoms with Gasteiger partial charge in [-0.2, -0.15) is 0 Å². The lowest BCUT2D eigenvalue weighted by atomic mass is 10.1. The Bertz CT molecular complexity index is 663. The van der Waals surface area contributed by atoms with Crippen LogP contribution in [0.25, 0.3) is 22.0 Å². The van der Waals surface area contributed by atoms with E-state index in [-0.39, 0.29) is 0 Å². The Balaban J connectivity index is 2.19. The smallest absolute Gasteiger partial charge is 0.0703 e. The van der Waals surface area contributed by atoms with E-state index in [1.165, 1.54) is 0 Å². The van der Waals surface area contributed by atoms with Gasteiger partial charge in [-0.3, -0.25) is 9.97 Å². The van der Waals surface area contributed by atoms with Gasteiger partial charge in [0.05, 0.1) is 5.52 Å². The number of nitrogens with zero attached hydrogens (tertiary/aromatic N) is 2. The summed E-state index contributed by atoms with van der Waals surface area (Å²) in [5.41, 5.74) is 9.67. The molecule has 0 spiro atoms. The molecule has 0 saturated carbocycles. The molecule has 82 valence electrons. The van der Waals surface area contributed by atoms with Crippen molar-refractivity contribution in [1.82, 2.24) is 9.97 Å². The first-order chi connectivity index (χ1) is 8.33. The molecule has 0 aliphatic heterocycles. The van der Waals surface area contributed by atoms with Crippen LogP contribution in [0.15, 0.2) is 55.0 Å². The van der Waals surface area contributed by atoms with Crippen molar-refractivity contribution in [2.75, 3.05) is 5.73 Å². The number of nitrogens with two attached hydrogens (primary N) is 1. The van der Waals surface area contributed by atoms with Crippen LogP contribution in [-0.2, 0) is 0 Å². The highest BCUT2D eigenvalue weighted by molar-refractivity contribution is 5.85. The maximum absolute atomic E-state index is 5.77. The molecule has 2 heterocycles. The van der Waals surface area contributed by atoms with Crippen molar-refractivity contribution in [2.45, 2.75) is 0 Å². The molecule has 3 nitrogen and oxygen atoms in total. The van der Waals surface area contributed by atoms with Crippen LogP contribution in [0.3, 0.4) is 0 Å². The van der Waals surface area contributed by atoms with Crippen molar-refractivity contribution in [2.24, 2.45) is 0 Å². The van der Waals surface area contributed by atoms with Crippen LogP contribution < -0.4 is 5.73 Å². The van der Waals surface area contributed by atoms with Gasteiger partial charge in [0.15, 0.2) is 0 Å². The minimum Gasteiger partial charge on any atom is -0.399 e. The highest BCUT2D eigenvalue weighted by Gasteiger charge is 2.00. The average molecular weight is 221 g/mol. The molecule has 0 radical (unpaired) electrons. The van der Waals surface area contributed by atoms with Gasteiger partial charge in [-0.05, 0) is 42.0 Å². The Labute approximate surface area is 98.9 Å². The van der Waals surface area contributed by atoms with Crippen molar-refractivity contribution < 1.29 is 0 Å². The quantitative estimate of drug-likeness (QED) is 0.643. The lowest BCUT2D eigenvalue weighted by molar-refractivity contribution is 1.32.